The van der Waals surface area contributed by atoms with Crippen LogP contribution in [0.2, 0.25) is 0 Å². The topological polar surface area (TPSA) is 45.0 Å². The molecule has 2 rings (SSSR count). The summed E-state index contributed by atoms with van der Waals surface area (Å²) in [7, 11) is 0. The average molecular weight is 272 g/mol. The van der Waals surface area contributed by atoms with E-state index in [0.29, 0.717) is 6.04 Å². The smallest absolute Gasteiger partial charge is 0.121 e. The monoisotopic (exact) mass is 272 g/mol. The Morgan fingerprint density at radius 1 is 1.25 bits per heavy atom. The van der Waals surface area contributed by atoms with Crippen molar-refractivity contribution in [3.8, 4) is 11.8 Å². The first kappa shape index (κ1) is 14.9. The third kappa shape index (κ3) is 4.25. The van der Waals surface area contributed by atoms with Crippen LogP contribution in [0.15, 0.2) is 24.3 Å². The van der Waals surface area contributed by atoms with Crippen LogP contribution in [-0.2, 0) is 0 Å². The van der Waals surface area contributed by atoms with Gasteiger partial charge in [0.15, 0.2) is 0 Å². The fraction of sp³-hybridized carbons (Fsp3) is 0.588. The molecule has 1 fully saturated rings. The van der Waals surface area contributed by atoms with Crippen LogP contribution in [0.5, 0.6) is 5.75 Å². The minimum absolute atomic E-state index is 0.210. The molecule has 1 N–H and O–H groups in total. The second-order valence-electron chi connectivity index (χ2n) is 5.48. The van der Waals surface area contributed by atoms with Crippen LogP contribution in [0, 0.1) is 11.3 Å². The summed E-state index contributed by atoms with van der Waals surface area (Å²) in [6, 6.07) is 10.6. The largest absolute Gasteiger partial charge is 0.494 e. The van der Waals surface area contributed by atoms with Crippen molar-refractivity contribution >= 4 is 0 Å². The fourth-order valence-corrected chi connectivity index (χ4v) is 2.69. The van der Waals surface area contributed by atoms with Gasteiger partial charge in [0, 0.05) is 6.04 Å². The molecule has 0 amide bonds. The third-order valence-corrected chi connectivity index (χ3v) is 3.82. The van der Waals surface area contributed by atoms with Crippen LogP contribution in [0.4, 0.5) is 0 Å². The number of hydrogen-bond donors (Lipinski definition) is 1. The van der Waals surface area contributed by atoms with Crippen molar-refractivity contribution in [3.05, 3.63) is 29.8 Å². The van der Waals surface area contributed by atoms with E-state index < -0.39 is 0 Å². The fourth-order valence-electron chi connectivity index (χ4n) is 2.69. The van der Waals surface area contributed by atoms with Crippen LogP contribution in [0.25, 0.3) is 0 Å². The highest BCUT2D eigenvalue weighted by atomic mass is 16.5. The van der Waals surface area contributed by atoms with E-state index in [1.807, 2.05) is 24.3 Å². The van der Waals surface area contributed by atoms with Crippen molar-refractivity contribution in [1.29, 1.82) is 5.26 Å². The molecule has 108 valence electrons. The normalized spacial score (nSPS) is 17.4. The van der Waals surface area contributed by atoms with Gasteiger partial charge in [-0.1, -0.05) is 38.3 Å². The van der Waals surface area contributed by atoms with Crippen molar-refractivity contribution < 1.29 is 4.74 Å². The average Bonchev–Trinajstić information content (AvgIpc) is 2.52. The first-order valence-corrected chi connectivity index (χ1v) is 7.72. The van der Waals surface area contributed by atoms with Gasteiger partial charge in [-0.15, -0.1) is 0 Å². The number of rotatable bonds is 6. The highest BCUT2D eigenvalue weighted by molar-refractivity contribution is 5.31. The Hall–Kier alpha value is -1.53. The molecule has 0 aliphatic heterocycles. The van der Waals surface area contributed by atoms with Crippen LogP contribution in [0.1, 0.15) is 57.1 Å². The van der Waals surface area contributed by atoms with E-state index in [9.17, 15) is 5.26 Å². The van der Waals surface area contributed by atoms with Crippen molar-refractivity contribution in [2.75, 3.05) is 6.61 Å². The maximum Gasteiger partial charge on any atom is 0.121 e. The third-order valence-electron chi connectivity index (χ3n) is 3.82. The molecule has 1 atom stereocenters. The van der Waals surface area contributed by atoms with E-state index in [1.165, 1.54) is 32.1 Å². The Morgan fingerprint density at radius 2 is 1.95 bits per heavy atom. The molecule has 1 aliphatic rings. The Bertz CT molecular complexity index is 429. The molecule has 1 unspecified atom stereocenters. The zero-order chi connectivity index (χ0) is 14.2. The summed E-state index contributed by atoms with van der Waals surface area (Å²) in [6.45, 7) is 2.83. The van der Waals surface area contributed by atoms with Crippen LogP contribution >= 0.6 is 0 Å². The molecule has 3 nitrogen and oxygen atoms in total. The maximum absolute atomic E-state index is 9.38. The lowest BCUT2D eigenvalue weighted by Crippen LogP contribution is -2.33. The lowest BCUT2D eigenvalue weighted by molar-refractivity contribution is 0.317. The van der Waals surface area contributed by atoms with Gasteiger partial charge in [-0.3, -0.25) is 5.32 Å². The standard InChI is InChI=1S/C17H24N2O/c1-2-12-20-16-10-8-14(9-11-16)17(13-18)19-15-6-4-3-5-7-15/h8-11,15,17,19H,2-7,12H2,1H3. The first-order valence-electron chi connectivity index (χ1n) is 7.72. The molecule has 0 heterocycles. The molecule has 1 aromatic rings. The van der Waals surface area contributed by atoms with Crippen LogP contribution in [-0.4, -0.2) is 12.6 Å². The van der Waals surface area contributed by atoms with E-state index in [0.717, 1.165) is 24.3 Å². The van der Waals surface area contributed by atoms with E-state index in [2.05, 4.69) is 18.3 Å². The molecule has 1 aromatic carbocycles. The molecule has 0 bridgehead atoms. The molecule has 1 aliphatic carbocycles. The number of nitriles is 1. The van der Waals surface area contributed by atoms with Gasteiger partial charge in [-0.05, 0) is 37.0 Å². The quantitative estimate of drug-likeness (QED) is 0.852. The predicted octanol–water partition coefficient (Wildman–Crippen LogP) is 3.96. The van der Waals surface area contributed by atoms with Crippen LogP contribution < -0.4 is 10.1 Å². The number of hydrogen-bond acceptors (Lipinski definition) is 3. The molecule has 0 spiro atoms. The predicted molar refractivity (Wildman–Crippen MR) is 80.6 cm³/mol. The molecule has 1 saturated carbocycles. The SMILES string of the molecule is CCCOc1ccc(C(C#N)NC2CCCCC2)cc1. The summed E-state index contributed by atoms with van der Waals surface area (Å²) >= 11 is 0. The number of nitrogens with zero attached hydrogens (tertiary/aromatic N) is 1. The van der Waals surface area contributed by atoms with E-state index >= 15 is 0 Å². The highest BCUT2D eigenvalue weighted by Crippen LogP contribution is 2.22. The number of ether oxygens (including phenoxy) is 1. The van der Waals surface area contributed by atoms with Gasteiger partial charge in [0.1, 0.15) is 11.8 Å². The molecule has 20 heavy (non-hydrogen) atoms. The Morgan fingerprint density at radius 3 is 2.55 bits per heavy atom. The Labute approximate surface area is 121 Å². The molecule has 0 radical (unpaired) electrons. The summed E-state index contributed by atoms with van der Waals surface area (Å²) in [6.07, 6.45) is 7.27. The highest BCUT2D eigenvalue weighted by Gasteiger charge is 2.18. The van der Waals surface area contributed by atoms with Crippen molar-refractivity contribution in [2.45, 2.75) is 57.5 Å². The summed E-state index contributed by atoms with van der Waals surface area (Å²) in [5.41, 5.74) is 1.03. The number of benzene rings is 1. The molecular formula is C17H24N2O. The van der Waals surface area contributed by atoms with E-state index in [-0.39, 0.29) is 6.04 Å². The zero-order valence-corrected chi connectivity index (χ0v) is 12.3. The Kier molecular flexibility index (Phi) is 5.88. The minimum Gasteiger partial charge on any atom is -0.494 e. The second kappa shape index (κ2) is 7.91. The number of nitrogens with one attached hydrogen (secondary N) is 1. The lowest BCUT2D eigenvalue weighted by atomic mass is 9.94. The summed E-state index contributed by atoms with van der Waals surface area (Å²) in [4.78, 5) is 0. The van der Waals surface area contributed by atoms with E-state index in [4.69, 9.17) is 4.74 Å². The minimum atomic E-state index is -0.210. The van der Waals surface area contributed by atoms with Gasteiger partial charge < -0.3 is 4.74 Å². The van der Waals surface area contributed by atoms with Gasteiger partial charge in [0.25, 0.3) is 0 Å². The summed E-state index contributed by atoms with van der Waals surface area (Å²) < 4.78 is 5.57. The van der Waals surface area contributed by atoms with Gasteiger partial charge in [-0.2, -0.15) is 5.26 Å². The molecule has 0 saturated heterocycles. The Balaban J connectivity index is 1.94. The lowest BCUT2D eigenvalue weighted by Gasteiger charge is -2.25. The molecule has 3 heteroatoms. The van der Waals surface area contributed by atoms with Gasteiger partial charge >= 0.3 is 0 Å². The zero-order valence-electron chi connectivity index (χ0n) is 12.3. The molecular weight excluding hydrogens is 248 g/mol. The first-order chi connectivity index (χ1) is 9.83. The maximum atomic E-state index is 9.38. The van der Waals surface area contributed by atoms with Crippen molar-refractivity contribution in [2.24, 2.45) is 0 Å². The van der Waals surface area contributed by atoms with Crippen molar-refractivity contribution in [1.82, 2.24) is 5.32 Å². The van der Waals surface area contributed by atoms with Crippen molar-refractivity contribution in [3.63, 3.8) is 0 Å². The van der Waals surface area contributed by atoms with Gasteiger partial charge in [-0.25, -0.2) is 0 Å². The molecule has 0 aromatic heterocycles. The van der Waals surface area contributed by atoms with Crippen LogP contribution in [0.3, 0.4) is 0 Å². The second-order valence-corrected chi connectivity index (χ2v) is 5.48. The summed E-state index contributed by atoms with van der Waals surface area (Å²) in [5.74, 6) is 0.880. The van der Waals surface area contributed by atoms with Gasteiger partial charge in [0.05, 0.1) is 12.7 Å². The summed E-state index contributed by atoms with van der Waals surface area (Å²) in [5, 5.41) is 12.9. The van der Waals surface area contributed by atoms with Gasteiger partial charge in [0.2, 0.25) is 0 Å². The van der Waals surface area contributed by atoms with E-state index in [1.54, 1.807) is 0 Å².